The highest BCUT2D eigenvalue weighted by Crippen LogP contribution is 2.32. The first-order chi connectivity index (χ1) is 10.2. The fraction of sp³-hybridized carbons (Fsp3) is 0.353. The van der Waals surface area contributed by atoms with E-state index in [2.05, 4.69) is 52.5 Å². The molecule has 0 radical (unpaired) electrons. The SMILES string of the molecule is CNc1cnc(N(C)CCOC)cc1-c1ccccc1C. The van der Waals surface area contributed by atoms with Crippen molar-refractivity contribution in [3.8, 4) is 11.1 Å². The van der Waals surface area contributed by atoms with E-state index < -0.39 is 0 Å². The van der Waals surface area contributed by atoms with Gasteiger partial charge in [0.05, 0.1) is 18.5 Å². The zero-order valence-corrected chi connectivity index (χ0v) is 13.2. The van der Waals surface area contributed by atoms with Crippen LogP contribution in [0.5, 0.6) is 0 Å². The summed E-state index contributed by atoms with van der Waals surface area (Å²) >= 11 is 0. The van der Waals surface area contributed by atoms with Crippen molar-refractivity contribution < 1.29 is 4.74 Å². The Morgan fingerprint density at radius 2 is 2.00 bits per heavy atom. The number of pyridine rings is 1. The van der Waals surface area contributed by atoms with Crippen LogP contribution >= 0.6 is 0 Å². The minimum absolute atomic E-state index is 0.686. The van der Waals surface area contributed by atoms with Gasteiger partial charge in [0.15, 0.2) is 0 Å². The highest BCUT2D eigenvalue weighted by atomic mass is 16.5. The van der Waals surface area contributed by atoms with E-state index in [1.165, 1.54) is 16.7 Å². The van der Waals surface area contributed by atoms with Crippen molar-refractivity contribution in [1.82, 2.24) is 4.98 Å². The quantitative estimate of drug-likeness (QED) is 0.884. The smallest absolute Gasteiger partial charge is 0.129 e. The summed E-state index contributed by atoms with van der Waals surface area (Å²) in [7, 11) is 5.67. The summed E-state index contributed by atoms with van der Waals surface area (Å²) in [6.45, 7) is 3.63. The maximum absolute atomic E-state index is 5.13. The Morgan fingerprint density at radius 1 is 1.24 bits per heavy atom. The van der Waals surface area contributed by atoms with Gasteiger partial charge in [-0.2, -0.15) is 0 Å². The van der Waals surface area contributed by atoms with Crippen LogP contribution in [0.15, 0.2) is 36.5 Å². The van der Waals surface area contributed by atoms with Gasteiger partial charge in [-0.3, -0.25) is 0 Å². The lowest BCUT2D eigenvalue weighted by molar-refractivity contribution is 0.206. The number of hydrogen-bond donors (Lipinski definition) is 1. The molecule has 0 unspecified atom stereocenters. The fourth-order valence-corrected chi connectivity index (χ4v) is 2.29. The molecule has 0 saturated heterocycles. The van der Waals surface area contributed by atoms with Crippen LogP contribution in [-0.4, -0.2) is 39.3 Å². The van der Waals surface area contributed by atoms with Gasteiger partial charge in [-0.05, 0) is 24.1 Å². The number of aryl methyl sites for hydroxylation is 1. The molecule has 2 aromatic rings. The molecule has 21 heavy (non-hydrogen) atoms. The molecule has 1 aromatic heterocycles. The highest BCUT2D eigenvalue weighted by Gasteiger charge is 2.11. The van der Waals surface area contributed by atoms with Crippen LogP contribution in [-0.2, 0) is 4.74 Å². The lowest BCUT2D eigenvalue weighted by atomic mass is 10.00. The van der Waals surface area contributed by atoms with Crippen molar-refractivity contribution in [2.45, 2.75) is 6.92 Å². The molecule has 112 valence electrons. The number of hydrogen-bond acceptors (Lipinski definition) is 4. The predicted octanol–water partition coefficient (Wildman–Crippen LogP) is 3.18. The molecule has 0 aliphatic heterocycles. The van der Waals surface area contributed by atoms with Gasteiger partial charge in [0.25, 0.3) is 0 Å². The first kappa shape index (κ1) is 15.3. The molecule has 0 bridgehead atoms. The average Bonchev–Trinajstić information content (AvgIpc) is 2.52. The molecule has 2 rings (SSSR count). The Morgan fingerprint density at radius 3 is 2.67 bits per heavy atom. The van der Waals surface area contributed by atoms with Gasteiger partial charge in [-0.25, -0.2) is 4.98 Å². The number of aromatic nitrogens is 1. The Kier molecular flexibility index (Phi) is 5.17. The minimum Gasteiger partial charge on any atom is -0.386 e. The van der Waals surface area contributed by atoms with Crippen LogP contribution in [0.4, 0.5) is 11.5 Å². The second-order valence-corrected chi connectivity index (χ2v) is 5.07. The number of nitrogens with one attached hydrogen (secondary N) is 1. The Bertz CT molecular complexity index is 598. The van der Waals surface area contributed by atoms with E-state index >= 15 is 0 Å². The molecular weight excluding hydrogens is 262 g/mol. The van der Waals surface area contributed by atoms with Crippen LogP contribution in [0, 0.1) is 6.92 Å². The maximum Gasteiger partial charge on any atom is 0.129 e. The van der Waals surface area contributed by atoms with Crippen molar-refractivity contribution in [1.29, 1.82) is 0 Å². The van der Waals surface area contributed by atoms with Gasteiger partial charge in [0.1, 0.15) is 5.82 Å². The molecule has 4 heteroatoms. The standard InChI is InChI=1S/C17H23N3O/c1-13-7-5-6-8-14(13)15-11-17(19-12-16(15)18-2)20(3)9-10-21-4/h5-8,11-12,18H,9-10H2,1-4H3. The van der Waals surface area contributed by atoms with Crippen molar-refractivity contribution in [3.63, 3.8) is 0 Å². The first-order valence-electron chi connectivity index (χ1n) is 7.11. The van der Waals surface area contributed by atoms with Gasteiger partial charge < -0.3 is 15.0 Å². The number of anilines is 2. The van der Waals surface area contributed by atoms with E-state index in [9.17, 15) is 0 Å². The zero-order chi connectivity index (χ0) is 15.2. The lowest BCUT2D eigenvalue weighted by Crippen LogP contribution is -2.23. The third-order valence-corrected chi connectivity index (χ3v) is 3.62. The normalized spacial score (nSPS) is 10.5. The van der Waals surface area contributed by atoms with Crippen molar-refractivity contribution >= 4 is 11.5 Å². The highest BCUT2D eigenvalue weighted by molar-refractivity contribution is 5.81. The third-order valence-electron chi connectivity index (χ3n) is 3.62. The largest absolute Gasteiger partial charge is 0.386 e. The predicted molar refractivity (Wildman–Crippen MR) is 89.1 cm³/mol. The van der Waals surface area contributed by atoms with Crippen LogP contribution in [0.3, 0.4) is 0 Å². The topological polar surface area (TPSA) is 37.4 Å². The van der Waals surface area contributed by atoms with E-state index in [0.29, 0.717) is 6.61 Å². The van der Waals surface area contributed by atoms with E-state index in [4.69, 9.17) is 4.74 Å². The molecule has 1 aromatic carbocycles. The van der Waals surface area contributed by atoms with Crippen LogP contribution < -0.4 is 10.2 Å². The number of benzene rings is 1. The van der Waals surface area contributed by atoms with Crippen LogP contribution in [0.1, 0.15) is 5.56 Å². The summed E-state index contributed by atoms with van der Waals surface area (Å²) in [5, 5.41) is 3.22. The van der Waals surface area contributed by atoms with Crippen LogP contribution in [0.2, 0.25) is 0 Å². The molecule has 1 heterocycles. The van der Waals surface area contributed by atoms with E-state index in [0.717, 1.165) is 18.1 Å². The molecule has 4 nitrogen and oxygen atoms in total. The number of methoxy groups -OCH3 is 1. The number of nitrogens with zero attached hydrogens (tertiary/aromatic N) is 2. The third kappa shape index (κ3) is 3.52. The molecule has 0 spiro atoms. The molecule has 0 saturated carbocycles. The second kappa shape index (κ2) is 7.09. The minimum atomic E-state index is 0.686. The average molecular weight is 285 g/mol. The van der Waals surface area contributed by atoms with Crippen molar-refractivity contribution in [3.05, 3.63) is 42.1 Å². The summed E-state index contributed by atoms with van der Waals surface area (Å²) in [5.41, 5.74) is 4.69. The second-order valence-electron chi connectivity index (χ2n) is 5.07. The zero-order valence-electron chi connectivity index (χ0n) is 13.2. The Labute approximate surface area is 126 Å². The molecule has 0 aliphatic rings. The summed E-state index contributed by atoms with van der Waals surface area (Å²) < 4.78 is 5.13. The monoisotopic (exact) mass is 285 g/mol. The van der Waals surface area contributed by atoms with Crippen molar-refractivity contribution in [2.24, 2.45) is 0 Å². The van der Waals surface area contributed by atoms with Gasteiger partial charge >= 0.3 is 0 Å². The molecule has 1 N–H and O–H groups in total. The summed E-state index contributed by atoms with van der Waals surface area (Å²) in [4.78, 5) is 6.63. The summed E-state index contributed by atoms with van der Waals surface area (Å²) in [5.74, 6) is 0.948. The lowest BCUT2D eigenvalue weighted by Gasteiger charge is -2.20. The van der Waals surface area contributed by atoms with Gasteiger partial charge in [-0.1, -0.05) is 24.3 Å². The maximum atomic E-state index is 5.13. The Hall–Kier alpha value is -2.07. The van der Waals surface area contributed by atoms with E-state index in [-0.39, 0.29) is 0 Å². The number of ether oxygens (including phenoxy) is 1. The number of likely N-dealkylation sites (N-methyl/N-ethyl adjacent to an activating group) is 1. The Balaban J connectivity index is 2.41. The van der Waals surface area contributed by atoms with Crippen LogP contribution in [0.25, 0.3) is 11.1 Å². The molecular formula is C17H23N3O. The van der Waals surface area contributed by atoms with Gasteiger partial charge in [0, 0.05) is 33.3 Å². The summed E-state index contributed by atoms with van der Waals surface area (Å²) in [6.07, 6.45) is 1.89. The van der Waals surface area contributed by atoms with E-state index in [1.54, 1.807) is 7.11 Å². The molecule has 0 atom stereocenters. The molecule has 0 aliphatic carbocycles. The van der Waals surface area contributed by atoms with Gasteiger partial charge in [0.2, 0.25) is 0 Å². The molecule has 0 amide bonds. The summed E-state index contributed by atoms with van der Waals surface area (Å²) in [6, 6.07) is 10.5. The van der Waals surface area contributed by atoms with Gasteiger partial charge in [-0.15, -0.1) is 0 Å². The first-order valence-corrected chi connectivity index (χ1v) is 7.11. The number of rotatable bonds is 6. The van der Waals surface area contributed by atoms with Crippen molar-refractivity contribution in [2.75, 3.05) is 44.6 Å². The van der Waals surface area contributed by atoms with E-state index in [1.807, 2.05) is 20.3 Å². The fourth-order valence-electron chi connectivity index (χ4n) is 2.29. The molecule has 0 fully saturated rings.